The summed E-state index contributed by atoms with van der Waals surface area (Å²) in [5.41, 5.74) is -0.0456. The number of halogens is 2. The Morgan fingerprint density at radius 1 is 1.39 bits per heavy atom. The van der Waals surface area contributed by atoms with E-state index >= 15 is 0 Å². The van der Waals surface area contributed by atoms with Crippen molar-refractivity contribution < 1.29 is 23.5 Å². The van der Waals surface area contributed by atoms with E-state index in [1.54, 1.807) is 18.0 Å². The second-order valence-electron chi connectivity index (χ2n) is 10.5. The summed E-state index contributed by atoms with van der Waals surface area (Å²) in [6.07, 6.45) is 3.27. The fourth-order valence-electron chi connectivity index (χ4n) is 6.29. The molecular weight excluding hydrogens is 484 g/mol. The summed E-state index contributed by atoms with van der Waals surface area (Å²) in [6.45, 7) is 10.2. The lowest BCUT2D eigenvalue weighted by atomic mass is 9.53. The molecule has 2 amide bonds. The molecular formula is C27H33F2N3O3S. The number of amides is 2. The van der Waals surface area contributed by atoms with Crippen molar-refractivity contribution in [2.45, 2.75) is 52.1 Å². The van der Waals surface area contributed by atoms with Gasteiger partial charge in [0.25, 0.3) is 5.91 Å². The van der Waals surface area contributed by atoms with E-state index in [1.807, 2.05) is 13.8 Å². The van der Waals surface area contributed by atoms with Crippen molar-refractivity contribution in [2.24, 2.45) is 23.2 Å². The summed E-state index contributed by atoms with van der Waals surface area (Å²) in [7, 11) is 1.74. The Morgan fingerprint density at radius 2 is 2.06 bits per heavy atom. The van der Waals surface area contributed by atoms with Crippen molar-refractivity contribution in [1.82, 2.24) is 9.88 Å². The minimum Gasteiger partial charge on any atom is -0.392 e. The van der Waals surface area contributed by atoms with E-state index in [9.17, 15) is 23.5 Å². The van der Waals surface area contributed by atoms with Gasteiger partial charge in [-0.3, -0.25) is 14.9 Å². The van der Waals surface area contributed by atoms with Crippen LogP contribution in [0.4, 0.5) is 13.9 Å². The molecule has 1 saturated carbocycles. The first kappa shape index (κ1) is 26.4. The first-order valence-electron chi connectivity index (χ1n) is 12.3. The van der Waals surface area contributed by atoms with Gasteiger partial charge in [0, 0.05) is 30.3 Å². The molecule has 2 N–H and O–H groups in total. The minimum atomic E-state index is -0.933. The number of nitrogens with one attached hydrogen (secondary N) is 1. The second kappa shape index (κ2) is 10.0. The summed E-state index contributed by atoms with van der Waals surface area (Å²) < 4.78 is 28.1. The summed E-state index contributed by atoms with van der Waals surface area (Å²) in [6, 6.07) is 3.28. The molecule has 1 aromatic heterocycles. The SMILES string of the molecule is C=CCN(C)C(=O)[C@@H](C)[C@H]1CC[C@]2(C)Cc3sc(NC(=O)c4c(F)cccc4F)nc3[C@@H](C)[C@@H]2[C@H]1O. The van der Waals surface area contributed by atoms with Gasteiger partial charge in [-0.2, -0.15) is 0 Å². The molecule has 2 aliphatic rings. The number of aromatic nitrogens is 1. The third-order valence-electron chi connectivity index (χ3n) is 8.14. The van der Waals surface area contributed by atoms with E-state index in [4.69, 9.17) is 0 Å². The Bertz CT molecular complexity index is 1160. The van der Waals surface area contributed by atoms with Crippen molar-refractivity contribution in [2.75, 3.05) is 18.9 Å². The van der Waals surface area contributed by atoms with Gasteiger partial charge in [0.15, 0.2) is 5.13 Å². The van der Waals surface area contributed by atoms with Crippen LogP contribution < -0.4 is 5.32 Å². The Kier molecular flexibility index (Phi) is 7.35. The number of anilines is 1. The number of hydrogen-bond donors (Lipinski definition) is 2. The number of carbonyl (C=O) groups is 2. The summed E-state index contributed by atoms with van der Waals surface area (Å²) in [4.78, 5) is 32.8. The number of nitrogens with zero attached hydrogens (tertiary/aromatic N) is 2. The summed E-state index contributed by atoms with van der Waals surface area (Å²) >= 11 is 1.31. The third-order valence-corrected chi connectivity index (χ3v) is 9.13. The highest BCUT2D eigenvalue weighted by Gasteiger charge is 2.54. The Morgan fingerprint density at radius 3 is 2.69 bits per heavy atom. The molecule has 6 atom stereocenters. The molecule has 194 valence electrons. The van der Waals surface area contributed by atoms with E-state index in [-0.39, 0.29) is 40.1 Å². The van der Waals surface area contributed by atoms with Crippen molar-refractivity contribution >= 4 is 28.3 Å². The third kappa shape index (κ3) is 4.59. The zero-order valence-corrected chi connectivity index (χ0v) is 21.9. The van der Waals surface area contributed by atoms with Crippen LogP contribution >= 0.6 is 11.3 Å². The van der Waals surface area contributed by atoms with Crippen molar-refractivity contribution in [3.05, 3.63) is 58.6 Å². The summed E-state index contributed by atoms with van der Waals surface area (Å²) in [5, 5.41) is 14.4. The lowest BCUT2D eigenvalue weighted by Crippen LogP contribution is -2.53. The lowest BCUT2D eigenvalue weighted by Gasteiger charge is -2.53. The molecule has 9 heteroatoms. The van der Waals surface area contributed by atoms with Gasteiger partial charge >= 0.3 is 0 Å². The number of thiazole rings is 1. The van der Waals surface area contributed by atoms with Crippen LogP contribution in [0.15, 0.2) is 30.9 Å². The maximum atomic E-state index is 14.1. The highest BCUT2D eigenvalue weighted by Crippen LogP contribution is 2.57. The molecule has 0 bridgehead atoms. The quantitative estimate of drug-likeness (QED) is 0.528. The number of aliphatic hydroxyl groups excluding tert-OH is 1. The normalized spacial score (nSPS) is 28.0. The number of likely N-dealkylation sites (N-methyl/N-ethyl adjacent to an activating group) is 1. The fraction of sp³-hybridized carbons (Fsp3) is 0.519. The molecule has 6 nitrogen and oxygen atoms in total. The highest BCUT2D eigenvalue weighted by atomic mass is 32.1. The molecule has 0 spiro atoms. The van der Waals surface area contributed by atoms with Gasteiger partial charge in [-0.05, 0) is 48.6 Å². The molecule has 2 aromatic rings. The maximum absolute atomic E-state index is 14.1. The minimum absolute atomic E-state index is 0.00858. The van der Waals surface area contributed by atoms with Crippen LogP contribution in [0.25, 0.3) is 0 Å². The van der Waals surface area contributed by atoms with Gasteiger partial charge < -0.3 is 10.0 Å². The average Bonchev–Trinajstić information content (AvgIpc) is 3.20. The van der Waals surface area contributed by atoms with Gasteiger partial charge in [-0.25, -0.2) is 13.8 Å². The predicted octanol–water partition coefficient (Wildman–Crippen LogP) is 5.01. The molecule has 4 rings (SSSR count). The Balaban J connectivity index is 1.57. The molecule has 1 heterocycles. The van der Waals surface area contributed by atoms with E-state index in [1.165, 1.54) is 17.4 Å². The Labute approximate surface area is 214 Å². The van der Waals surface area contributed by atoms with Crippen molar-refractivity contribution in [1.29, 1.82) is 0 Å². The topological polar surface area (TPSA) is 82.5 Å². The monoisotopic (exact) mass is 517 g/mol. The highest BCUT2D eigenvalue weighted by molar-refractivity contribution is 7.15. The van der Waals surface area contributed by atoms with E-state index < -0.39 is 29.2 Å². The lowest BCUT2D eigenvalue weighted by molar-refractivity contribution is -0.143. The van der Waals surface area contributed by atoms with E-state index in [0.29, 0.717) is 13.0 Å². The molecule has 0 aliphatic heterocycles. The van der Waals surface area contributed by atoms with Crippen molar-refractivity contribution in [3.8, 4) is 0 Å². The molecule has 0 saturated heterocycles. The predicted molar refractivity (Wildman–Crippen MR) is 136 cm³/mol. The maximum Gasteiger partial charge on any atom is 0.263 e. The second-order valence-corrected chi connectivity index (χ2v) is 11.6. The van der Waals surface area contributed by atoms with Crippen LogP contribution in [0.5, 0.6) is 0 Å². The number of benzene rings is 1. The molecule has 1 aromatic carbocycles. The van der Waals surface area contributed by atoms with Crippen LogP contribution in [0.3, 0.4) is 0 Å². The average molecular weight is 518 g/mol. The van der Waals surface area contributed by atoms with Crippen LogP contribution in [0.2, 0.25) is 0 Å². The molecule has 1 fully saturated rings. The molecule has 0 radical (unpaired) electrons. The Hall–Kier alpha value is -2.65. The zero-order valence-electron chi connectivity index (χ0n) is 21.1. The van der Waals surface area contributed by atoms with E-state index in [2.05, 4.69) is 23.8 Å². The van der Waals surface area contributed by atoms with Gasteiger partial charge in [0.05, 0.1) is 11.8 Å². The number of hydrogen-bond acceptors (Lipinski definition) is 5. The van der Waals surface area contributed by atoms with Crippen LogP contribution in [-0.4, -0.2) is 46.5 Å². The van der Waals surface area contributed by atoms with Gasteiger partial charge in [0.2, 0.25) is 5.91 Å². The van der Waals surface area contributed by atoms with Gasteiger partial charge in [0.1, 0.15) is 17.2 Å². The number of carbonyl (C=O) groups excluding carboxylic acids is 2. The fourth-order valence-corrected chi connectivity index (χ4v) is 7.55. The van der Waals surface area contributed by atoms with Crippen LogP contribution in [0.1, 0.15) is 60.5 Å². The van der Waals surface area contributed by atoms with Gasteiger partial charge in [-0.1, -0.05) is 32.9 Å². The zero-order chi connectivity index (χ0) is 26.4. The van der Waals surface area contributed by atoms with Crippen LogP contribution in [-0.2, 0) is 11.2 Å². The van der Waals surface area contributed by atoms with Crippen LogP contribution in [0, 0.1) is 34.8 Å². The number of rotatable bonds is 6. The summed E-state index contributed by atoms with van der Waals surface area (Å²) in [5.74, 6) is -3.49. The van der Waals surface area contributed by atoms with Gasteiger partial charge in [-0.15, -0.1) is 17.9 Å². The first-order chi connectivity index (χ1) is 17.0. The smallest absolute Gasteiger partial charge is 0.263 e. The molecule has 0 unspecified atom stereocenters. The van der Waals surface area contributed by atoms with Crippen molar-refractivity contribution in [3.63, 3.8) is 0 Å². The first-order valence-corrected chi connectivity index (χ1v) is 13.1. The molecule has 36 heavy (non-hydrogen) atoms. The molecule has 2 aliphatic carbocycles. The van der Waals surface area contributed by atoms with E-state index in [0.717, 1.165) is 35.5 Å². The largest absolute Gasteiger partial charge is 0.392 e. The number of aliphatic hydroxyl groups is 1. The number of fused-ring (bicyclic) bond motifs is 2. The standard InChI is InChI=1S/C27H33F2N3O3S/c1-6-12-32(5)25(35)14(2)16-10-11-27(4)13-19-22(15(3)21(27)23(16)33)30-26(36-19)31-24(34)20-17(28)8-7-9-18(20)29/h6-9,14-16,21,23,33H,1,10-13H2,2-5H3,(H,30,31,34)/t14-,15-,16+,21+,23-,27+/m0/s1.